The molecule has 2 rings (SSSR count). The fraction of sp³-hybridized carbons (Fsp3) is 0.286. The summed E-state index contributed by atoms with van der Waals surface area (Å²) in [6.45, 7) is 1.91. The van der Waals surface area contributed by atoms with Gasteiger partial charge < -0.3 is 4.74 Å². The molecule has 0 atom stereocenters. The summed E-state index contributed by atoms with van der Waals surface area (Å²) in [6.07, 6.45) is 0. The molecule has 0 radical (unpaired) electrons. The minimum Gasteiger partial charge on any atom is -0.461 e. The maximum absolute atomic E-state index is 12.8. The molecule has 1 heterocycles. The molecule has 0 aliphatic heterocycles. The Balaban J connectivity index is 2.05. The molecule has 0 amide bonds. The molecule has 0 fully saturated rings. The molecule has 0 spiro atoms. The number of halogens is 1. The number of rotatable bonds is 6. The van der Waals surface area contributed by atoms with Gasteiger partial charge in [-0.2, -0.15) is 0 Å². The first-order chi connectivity index (χ1) is 10.4. The highest BCUT2D eigenvalue weighted by atomic mass is 32.2. The first kappa shape index (κ1) is 16.6. The molecule has 5 nitrogen and oxygen atoms in total. The highest BCUT2D eigenvalue weighted by Crippen LogP contribution is 2.17. The average molecular weight is 343 g/mol. The van der Waals surface area contributed by atoms with E-state index >= 15 is 0 Å². The van der Waals surface area contributed by atoms with Gasteiger partial charge in [0.1, 0.15) is 16.6 Å². The topological polar surface area (TPSA) is 73.3 Å². The maximum atomic E-state index is 12.8. The minimum atomic E-state index is -3.45. The zero-order chi connectivity index (χ0) is 16.2. The normalized spacial score (nSPS) is 11.4. The summed E-state index contributed by atoms with van der Waals surface area (Å²) in [5.41, 5.74) is 0.613. The van der Waals surface area contributed by atoms with Gasteiger partial charge in [-0.1, -0.05) is 12.1 Å². The molecule has 118 valence electrons. The van der Waals surface area contributed by atoms with Crippen LogP contribution < -0.4 is 0 Å². The minimum absolute atomic E-state index is 0.110. The van der Waals surface area contributed by atoms with Gasteiger partial charge in [0.2, 0.25) is 0 Å². The van der Waals surface area contributed by atoms with Crippen molar-refractivity contribution in [3.8, 4) is 0 Å². The lowest BCUT2D eigenvalue weighted by Crippen LogP contribution is -2.09. The van der Waals surface area contributed by atoms with Gasteiger partial charge in [0.25, 0.3) is 0 Å². The van der Waals surface area contributed by atoms with Crippen LogP contribution in [0.3, 0.4) is 0 Å². The number of aromatic nitrogens is 1. The van der Waals surface area contributed by atoms with Crippen molar-refractivity contribution in [1.29, 1.82) is 0 Å². The van der Waals surface area contributed by atoms with Gasteiger partial charge in [0, 0.05) is 5.38 Å². The second-order valence-electron chi connectivity index (χ2n) is 4.51. The number of hydrogen-bond acceptors (Lipinski definition) is 6. The number of benzene rings is 1. The van der Waals surface area contributed by atoms with Gasteiger partial charge in [0.05, 0.1) is 12.4 Å². The lowest BCUT2D eigenvalue weighted by Gasteiger charge is -2.02. The van der Waals surface area contributed by atoms with Crippen molar-refractivity contribution in [2.75, 3.05) is 6.61 Å². The van der Waals surface area contributed by atoms with E-state index in [1.54, 1.807) is 6.92 Å². The van der Waals surface area contributed by atoms with Crippen LogP contribution in [0.25, 0.3) is 0 Å². The highest BCUT2D eigenvalue weighted by molar-refractivity contribution is 7.89. The lowest BCUT2D eigenvalue weighted by molar-refractivity contribution is 0.0520. The van der Waals surface area contributed by atoms with Gasteiger partial charge >= 0.3 is 5.97 Å². The Morgan fingerprint density at radius 2 is 1.95 bits per heavy atom. The van der Waals surface area contributed by atoms with Crippen molar-refractivity contribution >= 4 is 27.1 Å². The molecule has 1 aromatic carbocycles. The van der Waals surface area contributed by atoms with E-state index in [0.29, 0.717) is 10.6 Å². The predicted molar refractivity (Wildman–Crippen MR) is 80.8 cm³/mol. The zero-order valence-electron chi connectivity index (χ0n) is 11.8. The van der Waals surface area contributed by atoms with Crippen molar-refractivity contribution in [2.45, 2.75) is 18.4 Å². The second-order valence-corrected chi connectivity index (χ2v) is 7.51. The van der Waals surface area contributed by atoms with Crippen molar-refractivity contribution in [1.82, 2.24) is 4.98 Å². The SMILES string of the molecule is CCOC(=O)c1csc(CS(=O)(=O)Cc2ccc(F)cc2)n1. The Morgan fingerprint density at radius 3 is 2.59 bits per heavy atom. The van der Waals surface area contributed by atoms with Gasteiger partial charge in [-0.15, -0.1) is 11.3 Å². The Labute approximate surface area is 131 Å². The van der Waals surface area contributed by atoms with Crippen LogP contribution in [-0.2, 0) is 26.1 Å². The molecular weight excluding hydrogens is 329 g/mol. The molecule has 0 N–H and O–H groups in total. The highest BCUT2D eigenvalue weighted by Gasteiger charge is 2.18. The third-order valence-corrected chi connectivity index (χ3v) is 5.20. The lowest BCUT2D eigenvalue weighted by atomic mass is 10.2. The van der Waals surface area contributed by atoms with E-state index in [1.807, 2.05) is 0 Å². The first-order valence-corrected chi connectivity index (χ1v) is 9.16. The summed E-state index contributed by atoms with van der Waals surface area (Å²) in [5, 5.41) is 1.80. The number of ether oxygens (including phenoxy) is 1. The smallest absolute Gasteiger partial charge is 0.357 e. The van der Waals surface area contributed by atoms with Crippen LogP contribution in [0.15, 0.2) is 29.6 Å². The first-order valence-electron chi connectivity index (χ1n) is 6.46. The summed E-state index contributed by atoms with van der Waals surface area (Å²) in [6, 6.07) is 5.29. The molecule has 0 saturated carbocycles. The number of carbonyl (C=O) groups excluding carboxylic acids is 1. The van der Waals surface area contributed by atoms with Gasteiger partial charge in [-0.25, -0.2) is 22.6 Å². The average Bonchev–Trinajstić information content (AvgIpc) is 2.89. The number of esters is 1. The predicted octanol–water partition coefficient (Wildman–Crippen LogP) is 2.57. The second kappa shape index (κ2) is 6.97. The van der Waals surface area contributed by atoms with E-state index in [0.717, 1.165) is 11.3 Å². The molecule has 2 aromatic rings. The van der Waals surface area contributed by atoms with Crippen molar-refractivity contribution in [3.63, 3.8) is 0 Å². The fourth-order valence-electron chi connectivity index (χ4n) is 1.75. The number of nitrogens with zero attached hydrogens (tertiary/aromatic N) is 1. The summed E-state index contributed by atoms with van der Waals surface area (Å²) in [7, 11) is -3.45. The van der Waals surface area contributed by atoms with E-state index in [4.69, 9.17) is 4.74 Å². The zero-order valence-corrected chi connectivity index (χ0v) is 13.4. The molecule has 0 aliphatic carbocycles. The third-order valence-electron chi connectivity index (χ3n) is 2.68. The van der Waals surface area contributed by atoms with Gasteiger partial charge in [0.15, 0.2) is 15.5 Å². The van der Waals surface area contributed by atoms with Gasteiger partial charge in [-0.3, -0.25) is 0 Å². The quantitative estimate of drug-likeness (QED) is 0.754. The standard InChI is InChI=1S/C14H14FNO4S2/c1-2-20-14(17)12-7-21-13(16-12)9-22(18,19)8-10-3-5-11(15)6-4-10/h3-7H,2,8-9H2,1H3. The van der Waals surface area contributed by atoms with Crippen molar-refractivity contribution in [2.24, 2.45) is 0 Å². The fourth-order valence-corrected chi connectivity index (χ4v) is 4.35. The summed E-state index contributed by atoms with van der Waals surface area (Å²) in [4.78, 5) is 15.5. The number of sulfone groups is 1. The number of carbonyl (C=O) groups is 1. The van der Waals surface area contributed by atoms with Crippen LogP contribution in [0.1, 0.15) is 28.0 Å². The van der Waals surface area contributed by atoms with E-state index in [1.165, 1.54) is 29.6 Å². The Hall–Kier alpha value is -1.80. The molecule has 8 heteroatoms. The van der Waals surface area contributed by atoms with E-state index in [2.05, 4.69) is 4.98 Å². The van der Waals surface area contributed by atoms with Crippen molar-refractivity contribution < 1.29 is 22.3 Å². The molecule has 0 saturated heterocycles. The molecule has 22 heavy (non-hydrogen) atoms. The number of hydrogen-bond donors (Lipinski definition) is 0. The van der Waals surface area contributed by atoms with Crippen LogP contribution >= 0.6 is 11.3 Å². The van der Waals surface area contributed by atoms with E-state index < -0.39 is 21.6 Å². The Morgan fingerprint density at radius 1 is 1.27 bits per heavy atom. The molecular formula is C14H14FNO4S2. The molecule has 0 bridgehead atoms. The van der Waals surface area contributed by atoms with Crippen LogP contribution in [0.5, 0.6) is 0 Å². The number of thiazole rings is 1. The molecule has 1 aromatic heterocycles. The van der Waals surface area contributed by atoms with Crippen LogP contribution in [0, 0.1) is 5.82 Å². The monoisotopic (exact) mass is 343 g/mol. The van der Waals surface area contributed by atoms with Crippen LogP contribution in [0.2, 0.25) is 0 Å². The summed E-state index contributed by atoms with van der Waals surface area (Å²) < 4.78 is 41.8. The largest absolute Gasteiger partial charge is 0.461 e. The third kappa shape index (κ3) is 4.60. The van der Waals surface area contributed by atoms with Crippen LogP contribution in [-0.4, -0.2) is 26.0 Å². The summed E-state index contributed by atoms with van der Waals surface area (Å²) in [5.74, 6) is -1.46. The molecule has 0 unspecified atom stereocenters. The van der Waals surface area contributed by atoms with Crippen LogP contribution in [0.4, 0.5) is 4.39 Å². The van der Waals surface area contributed by atoms with Gasteiger partial charge in [-0.05, 0) is 24.6 Å². The maximum Gasteiger partial charge on any atom is 0.357 e. The van der Waals surface area contributed by atoms with E-state index in [-0.39, 0.29) is 23.8 Å². The molecule has 0 aliphatic rings. The van der Waals surface area contributed by atoms with Crippen molar-refractivity contribution in [3.05, 3.63) is 51.7 Å². The Kier molecular flexibility index (Phi) is 5.25. The van der Waals surface area contributed by atoms with E-state index in [9.17, 15) is 17.6 Å². The Bertz CT molecular complexity index is 753. The summed E-state index contributed by atoms with van der Waals surface area (Å²) >= 11 is 1.09.